The van der Waals surface area contributed by atoms with Crippen LogP contribution in [0.2, 0.25) is 0 Å². The van der Waals surface area contributed by atoms with E-state index in [1.165, 1.54) is 16.8 Å². The summed E-state index contributed by atoms with van der Waals surface area (Å²) in [7, 11) is 0. The lowest BCUT2D eigenvalue weighted by atomic mass is 9.95. The molecule has 7 nitrogen and oxygen atoms in total. The fourth-order valence-electron chi connectivity index (χ4n) is 4.99. The first kappa shape index (κ1) is 27.2. The smallest absolute Gasteiger partial charge is 0.439 e. The lowest BCUT2D eigenvalue weighted by molar-refractivity contribution is 0.217. The minimum absolute atomic E-state index is 0.196. The van der Waals surface area contributed by atoms with Gasteiger partial charge < -0.3 is 9.64 Å². The maximum absolute atomic E-state index is 11.5. The van der Waals surface area contributed by atoms with Crippen LogP contribution in [-0.2, 0) is 6.42 Å². The minimum atomic E-state index is -0.564. The Morgan fingerprint density at radius 1 is 1.00 bits per heavy atom. The summed E-state index contributed by atoms with van der Waals surface area (Å²) < 4.78 is 10.7. The van der Waals surface area contributed by atoms with E-state index in [1.54, 1.807) is 0 Å². The van der Waals surface area contributed by atoms with Gasteiger partial charge >= 0.3 is 5.76 Å². The molecule has 40 heavy (non-hydrogen) atoms. The molecule has 0 fully saturated rings. The van der Waals surface area contributed by atoms with Gasteiger partial charge in [0.1, 0.15) is 11.6 Å². The third-order valence-electron chi connectivity index (χ3n) is 7.30. The number of nitrogens with zero attached hydrogens (tertiary/aromatic N) is 3. The van der Waals surface area contributed by atoms with Crippen molar-refractivity contribution in [3.05, 3.63) is 100 Å². The number of nitrogens with one attached hydrogen (secondary N) is 1. The second-order valence-electron chi connectivity index (χ2n) is 10.2. The molecule has 1 aliphatic rings. The van der Waals surface area contributed by atoms with E-state index in [9.17, 15) is 4.79 Å². The number of allylic oxidation sites excluding steroid dienone is 1. The first-order chi connectivity index (χ1) is 19.4. The Morgan fingerprint density at radius 2 is 1.73 bits per heavy atom. The number of hydrogen-bond acceptors (Lipinski definition) is 6. The predicted octanol–water partition coefficient (Wildman–Crippen LogP) is 7.41. The van der Waals surface area contributed by atoms with Crippen molar-refractivity contribution in [3.63, 3.8) is 0 Å². The van der Waals surface area contributed by atoms with E-state index >= 15 is 0 Å². The van der Waals surface area contributed by atoms with Crippen molar-refractivity contribution >= 4 is 11.5 Å². The van der Waals surface area contributed by atoms with Crippen LogP contribution in [0.1, 0.15) is 52.5 Å². The summed E-state index contributed by atoms with van der Waals surface area (Å²) in [5, 5.41) is 3.88. The molecule has 206 valence electrons. The largest absolute Gasteiger partial charge is 0.491 e. The van der Waals surface area contributed by atoms with Crippen molar-refractivity contribution in [2.45, 2.75) is 59.5 Å². The van der Waals surface area contributed by atoms with Gasteiger partial charge in [-0.05, 0) is 79.6 Å². The Hall–Kier alpha value is -4.39. The van der Waals surface area contributed by atoms with E-state index in [1.807, 2.05) is 36.4 Å². The minimum Gasteiger partial charge on any atom is -0.491 e. The quantitative estimate of drug-likeness (QED) is 0.228. The molecule has 1 atom stereocenters. The molecule has 2 heterocycles. The number of hydrogen-bond donors (Lipinski definition) is 1. The molecule has 0 amide bonds. The number of benzene rings is 3. The van der Waals surface area contributed by atoms with Gasteiger partial charge in [0.2, 0.25) is 0 Å². The number of anilines is 1. The average Bonchev–Trinajstić information content (AvgIpc) is 3.41. The van der Waals surface area contributed by atoms with Gasteiger partial charge in [0, 0.05) is 23.5 Å². The van der Waals surface area contributed by atoms with Gasteiger partial charge in [0.15, 0.2) is 5.82 Å². The number of rotatable bonds is 10. The summed E-state index contributed by atoms with van der Waals surface area (Å²) in [4.78, 5) is 21.5. The van der Waals surface area contributed by atoms with Crippen molar-refractivity contribution in [3.8, 4) is 28.3 Å². The zero-order valence-electron chi connectivity index (χ0n) is 23.6. The number of amidine groups is 1. The monoisotopic (exact) mass is 536 g/mol. The van der Waals surface area contributed by atoms with Gasteiger partial charge in [-0.2, -0.15) is 0 Å². The molecule has 0 spiro atoms. The number of aliphatic imine (C=N–C) groups is 1. The second-order valence-corrected chi connectivity index (χ2v) is 10.2. The Balaban J connectivity index is 1.37. The highest BCUT2D eigenvalue weighted by Crippen LogP contribution is 2.32. The maximum Gasteiger partial charge on any atom is 0.439 e. The van der Waals surface area contributed by atoms with Crippen molar-refractivity contribution < 1.29 is 9.26 Å². The first-order valence-corrected chi connectivity index (χ1v) is 14.0. The van der Waals surface area contributed by atoms with Crippen LogP contribution in [-0.4, -0.2) is 28.6 Å². The van der Waals surface area contributed by atoms with Gasteiger partial charge in [-0.25, -0.2) is 9.79 Å². The van der Waals surface area contributed by atoms with Crippen LogP contribution in [0.5, 0.6) is 5.75 Å². The Kier molecular flexibility index (Phi) is 8.29. The molecule has 1 aromatic heterocycles. The molecule has 0 radical (unpaired) electrons. The number of aromatic nitrogens is 2. The van der Waals surface area contributed by atoms with Gasteiger partial charge in [-0.15, -0.1) is 0 Å². The lowest BCUT2D eigenvalue weighted by Crippen LogP contribution is -2.34. The maximum atomic E-state index is 11.5. The number of ether oxygens (including phenoxy) is 1. The molecule has 1 unspecified atom stereocenters. The van der Waals surface area contributed by atoms with E-state index in [-0.39, 0.29) is 6.10 Å². The third kappa shape index (κ3) is 6.09. The fraction of sp³-hybridized carbons (Fsp3) is 0.303. The molecular weight excluding hydrogens is 500 g/mol. The number of H-pyrrole nitrogens is 1. The van der Waals surface area contributed by atoms with Crippen LogP contribution in [0, 0.1) is 0 Å². The van der Waals surface area contributed by atoms with E-state index in [4.69, 9.17) is 14.3 Å². The van der Waals surface area contributed by atoms with Gasteiger partial charge in [0.05, 0.1) is 6.10 Å². The molecule has 7 heteroatoms. The van der Waals surface area contributed by atoms with Crippen LogP contribution in [0.15, 0.2) is 98.4 Å². The third-order valence-corrected chi connectivity index (χ3v) is 7.30. The van der Waals surface area contributed by atoms with Crippen LogP contribution < -0.4 is 15.4 Å². The van der Waals surface area contributed by atoms with Crippen LogP contribution in [0.4, 0.5) is 5.69 Å². The molecular formula is C33H36N4O3. The van der Waals surface area contributed by atoms with Crippen LogP contribution in [0.25, 0.3) is 22.5 Å². The average molecular weight is 537 g/mol. The topological polar surface area (TPSA) is 83.7 Å². The molecule has 4 aromatic rings. The second kappa shape index (κ2) is 12.2. The Bertz CT molecular complexity index is 1560. The van der Waals surface area contributed by atoms with E-state index < -0.39 is 5.76 Å². The molecule has 1 N–H and O–H groups in total. The number of aromatic amines is 1. The van der Waals surface area contributed by atoms with E-state index in [2.05, 4.69) is 79.1 Å². The zero-order chi connectivity index (χ0) is 28.1. The molecule has 3 aromatic carbocycles. The summed E-state index contributed by atoms with van der Waals surface area (Å²) in [5.41, 5.74) is 7.72. The van der Waals surface area contributed by atoms with Crippen molar-refractivity contribution in [1.82, 2.24) is 10.1 Å². The lowest BCUT2D eigenvalue weighted by Gasteiger charge is -2.31. The van der Waals surface area contributed by atoms with Crippen molar-refractivity contribution in [2.75, 3.05) is 11.4 Å². The molecule has 0 saturated carbocycles. The van der Waals surface area contributed by atoms with Gasteiger partial charge in [-0.3, -0.25) is 9.51 Å². The van der Waals surface area contributed by atoms with Crippen LogP contribution in [0.3, 0.4) is 0 Å². The highest BCUT2D eigenvalue weighted by molar-refractivity contribution is 5.98. The van der Waals surface area contributed by atoms with Crippen LogP contribution >= 0.6 is 0 Å². The zero-order valence-corrected chi connectivity index (χ0v) is 23.6. The van der Waals surface area contributed by atoms with Gasteiger partial charge in [0.25, 0.3) is 0 Å². The molecule has 5 rings (SSSR count). The normalized spacial score (nSPS) is 14.3. The highest BCUT2D eigenvalue weighted by atomic mass is 16.5. The summed E-state index contributed by atoms with van der Waals surface area (Å²) in [6, 6.07) is 24.8. The van der Waals surface area contributed by atoms with Crippen molar-refractivity contribution in [1.29, 1.82) is 0 Å². The Morgan fingerprint density at radius 3 is 2.38 bits per heavy atom. The highest BCUT2D eigenvalue weighted by Gasteiger charge is 2.21. The Labute approximate surface area is 235 Å². The molecule has 1 aliphatic heterocycles. The molecule has 0 bridgehead atoms. The SMILES string of the molecule is CCCC1=C(Cc2ccc(-c3ccccc3-c3noc(=O)[nH]3)cc2)CN(c2ccc(OC(C)CC)cc2)C(C)=N1. The predicted molar refractivity (Wildman–Crippen MR) is 161 cm³/mol. The van der Waals surface area contributed by atoms with E-state index in [0.29, 0.717) is 5.82 Å². The first-order valence-electron chi connectivity index (χ1n) is 14.0. The molecule has 0 saturated heterocycles. The van der Waals surface area contributed by atoms with Gasteiger partial charge in [-0.1, -0.05) is 74.0 Å². The molecule has 0 aliphatic carbocycles. The fourth-order valence-corrected chi connectivity index (χ4v) is 4.99. The summed E-state index contributed by atoms with van der Waals surface area (Å²) >= 11 is 0. The summed E-state index contributed by atoms with van der Waals surface area (Å²) in [5.74, 6) is 1.77. The summed E-state index contributed by atoms with van der Waals surface area (Å²) in [6.07, 6.45) is 4.02. The van der Waals surface area contributed by atoms with Crippen molar-refractivity contribution in [2.24, 2.45) is 4.99 Å². The van der Waals surface area contributed by atoms with E-state index in [0.717, 1.165) is 66.2 Å². The summed E-state index contributed by atoms with van der Waals surface area (Å²) in [6.45, 7) is 9.31. The standard InChI is InChI=1S/C33H36N4O3/c1-5-9-31-26(21-37(23(4)34-31)27-16-18-28(19-17-27)39-22(3)6-2)20-24-12-14-25(15-13-24)29-10-7-8-11-30(29)32-35-33(38)40-36-32/h7-8,10-19,22H,5-6,9,20-21H2,1-4H3,(H,35,36,38).